The number of carbonyl (C=O) groups excluding carboxylic acids is 3. The van der Waals surface area contributed by atoms with E-state index in [-0.39, 0.29) is 50.3 Å². The molecule has 0 saturated carbocycles. The Morgan fingerprint density at radius 3 is 1.98 bits per heavy atom. The number of halogens is 1. The molecular formula is C30H27ClO10. The van der Waals surface area contributed by atoms with E-state index in [0.29, 0.717) is 5.75 Å². The largest absolute Gasteiger partial charge is 0.493 e. The first-order chi connectivity index (χ1) is 19.6. The first-order valence-corrected chi connectivity index (χ1v) is 12.5. The van der Waals surface area contributed by atoms with Gasteiger partial charge in [0.2, 0.25) is 5.75 Å². The summed E-state index contributed by atoms with van der Waals surface area (Å²) in [4.78, 5) is 41.8. The van der Waals surface area contributed by atoms with E-state index in [1.54, 1.807) is 12.1 Å². The zero-order valence-corrected chi connectivity index (χ0v) is 23.9. The minimum atomic E-state index is -2.52. The Kier molecular flexibility index (Phi) is 8.27. The van der Waals surface area contributed by atoms with Gasteiger partial charge in [-0.3, -0.25) is 9.59 Å². The second-order valence-corrected chi connectivity index (χ2v) is 9.13. The number of aliphatic hydroxyl groups is 1. The van der Waals surface area contributed by atoms with Crippen molar-refractivity contribution in [1.82, 2.24) is 0 Å². The summed E-state index contributed by atoms with van der Waals surface area (Å²) in [6.07, 6.45) is 0. The number of hydrogen-bond acceptors (Lipinski definition) is 10. The summed E-state index contributed by atoms with van der Waals surface area (Å²) in [6.45, 7) is 0. The van der Waals surface area contributed by atoms with Gasteiger partial charge in [-0.2, -0.15) is 0 Å². The number of Topliss-reactive ketones (excluding diaryl/α,β-unsaturated/α-hetero) is 2. The Morgan fingerprint density at radius 1 is 0.780 bits per heavy atom. The normalized spacial score (nSPS) is 16.0. The van der Waals surface area contributed by atoms with Crippen LogP contribution in [0, 0.1) is 0 Å². The lowest BCUT2D eigenvalue weighted by Crippen LogP contribution is -2.43. The number of fused-ring (bicyclic) bond motifs is 1. The zero-order chi connectivity index (χ0) is 30.1. The van der Waals surface area contributed by atoms with Crippen LogP contribution in [0.1, 0.15) is 31.8 Å². The topological polar surface area (TPSA) is 127 Å². The fourth-order valence-corrected chi connectivity index (χ4v) is 5.17. The van der Waals surface area contributed by atoms with Crippen molar-refractivity contribution >= 4 is 29.1 Å². The van der Waals surface area contributed by atoms with Gasteiger partial charge in [-0.1, -0.05) is 29.8 Å². The molecule has 4 rings (SSSR count). The summed E-state index contributed by atoms with van der Waals surface area (Å²) in [5.41, 5.74) is -4.22. The summed E-state index contributed by atoms with van der Waals surface area (Å²) < 4.78 is 32.4. The predicted octanol–water partition coefficient (Wildman–Crippen LogP) is 4.17. The minimum Gasteiger partial charge on any atom is -0.493 e. The Labute approximate surface area is 240 Å². The van der Waals surface area contributed by atoms with Crippen molar-refractivity contribution in [2.45, 2.75) is 5.60 Å². The molecule has 0 aromatic heterocycles. The molecule has 1 atom stereocenters. The SMILES string of the molecule is COC(=O)C1=C(C(=O)c2ccccc2Cl)C(=O)c2cc(OC)c(OC)c(OC)c2C1(O)c1ccc(OC)c(OC)c1. The van der Waals surface area contributed by atoms with E-state index >= 15 is 0 Å². The molecule has 1 aliphatic carbocycles. The fourth-order valence-electron chi connectivity index (χ4n) is 4.95. The molecule has 0 radical (unpaired) electrons. The molecular weight excluding hydrogens is 556 g/mol. The number of ether oxygens (including phenoxy) is 6. The van der Waals surface area contributed by atoms with Gasteiger partial charge in [-0.15, -0.1) is 0 Å². The van der Waals surface area contributed by atoms with E-state index in [1.807, 2.05) is 0 Å². The molecule has 0 spiro atoms. The molecule has 3 aromatic carbocycles. The van der Waals surface area contributed by atoms with Crippen LogP contribution in [0.15, 0.2) is 59.7 Å². The third kappa shape index (κ3) is 4.55. The van der Waals surface area contributed by atoms with Crippen LogP contribution >= 0.6 is 11.6 Å². The van der Waals surface area contributed by atoms with Crippen LogP contribution in [0.25, 0.3) is 0 Å². The maximum atomic E-state index is 14.2. The molecule has 0 bridgehead atoms. The molecule has 1 unspecified atom stereocenters. The first-order valence-electron chi connectivity index (χ1n) is 12.1. The van der Waals surface area contributed by atoms with Crippen molar-refractivity contribution in [2.75, 3.05) is 42.7 Å². The number of methoxy groups -OCH3 is 6. The minimum absolute atomic E-state index is 0.0271. The molecule has 0 fully saturated rings. The zero-order valence-electron chi connectivity index (χ0n) is 23.1. The Hall–Kier alpha value is -4.54. The van der Waals surface area contributed by atoms with E-state index in [0.717, 1.165) is 7.11 Å². The lowest BCUT2D eigenvalue weighted by molar-refractivity contribution is -0.138. The average molecular weight is 583 g/mol. The number of hydrogen-bond donors (Lipinski definition) is 1. The van der Waals surface area contributed by atoms with Gasteiger partial charge in [0.15, 0.2) is 40.2 Å². The van der Waals surface area contributed by atoms with Gasteiger partial charge in [-0.05, 0) is 35.9 Å². The number of benzene rings is 3. The lowest BCUT2D eigenvalue weighted by Gasteiger charge is -2.38. The average Bonchev–Trinajstić information content (AvgIpc) is 3.00. The highest BCUT2D eigenvalue weighted by molar-refractivity contribution is 6.40. The van der Waals surface area contributed by atoms with Gasteiger partial charge in [0.1, 0.15) is 0 Å². The fraction of sp³-hybridized carbons (Fsp3) is 0.233. The highest BCUT2D eigenvalue weighted by Crippen LogP contribution is 2.55. The first kappa shape index (κ1) is 29.4. The van der Waals surface area contributed by atoms with Gasteiger partial charge in [0, 0.05) is 11.1 Å². The molecule has 1 aliphatic rings. The summed E-state index contributed by atoms with van der Waals surface area (Å²) >= 11 is 6.32. The maximum Gasteiger partial charge on any atom is 0.338 e. The van der Waals surface area contributed by atoms with E-state index in [1.165, 1.54) is 71.9 Å². The smallest absolute Gasteiger partial charge is 0.338 e. The van der Waals surface area contributed by atoms with Crippen LogP contribution in [0.5, 0.6) is 28.7 Å². The number of carbonyl (C=O) groups is 3. The molecule has 3 aromatic rings. The third-order valence-electron chi connectivity index (χ3n) is 6.81. The Balaban J connectivity index is 2.25. The molecule has 1 N–H and O–H groups in total. The van der Waals surface area contributed by atoms with Gasteiger partial charge in [-0.25, -0.2) is 4.79 Å². The van der Waals surface area contributed by atoms with Crippen molar-refractivity contribution in [3.63, 3.8) is 0 Å². The molecule has 0 amide bonds. The van der Waals surface area contributed by atoms with E-state index in [4.69, 9.17) is 40.0 Å². The van der Waals surface area contributed by atoms with Crippen molar-refractivity contribution in [3.05, 3.63) is 87.0 Å². The van der Waals surface area contributed by atoms with Crippen molar-refractivity contribution in [1.29, 1.82) is 0 Å². The predicted molar refractivity (Wildman–Crippen MR) is 148 cm³/mol. The van der Waals surface area contributed by atoms with Crippen LogP contribution in [0.4, 0.5) is 0 Å². The lowest BCUT2D eigenvalue weighted by atomic mass is 9.68. The Bertz CT molecular complexity index is 1590. The van der Waals surface area contributed by atoms with Crippen molar-refractivity contribution in [2.24, 2.45) is 0 Å². The van der Waals surface area contributed by atoms with Crippen LogP contribution < -0.4 is 23.7 Å². The number of rotatable bonds is 9. The van der Waals surface area contributed by atoms with Gasteiger partial charge < -0.3 is 33.5 Å². The van der Waals surface area contributed by atoms with Crippen molar-refractivity contribution in [3.8, 4) is 28.7 Å². The third-order valence-corrected chi connectivity index (χ3v) is 7.14. The van der Waals surface area contributed by atoms with Gasteiger partial charge in [0.05, 0.1) is 64.4 Å². The van der Waals surface area contributed by atoms with Crippen LogP contribution in [0.3, 0.4) is 0 Å². The van der Waals surface area contributed by atoms with Crippen LogP contribution in [0.2, 0.25) is 5.02 Å². The van der Waals surface area contributed by atoms with Crippen LogP contribution in [-0.2, 0) is 15.1 Å². The highest BCUT2D eigenvalue weighted by Gasteiger charge is 2.54. The standard InChI is InChI=1S/C30H27ClO10/c1-36-19-12-11-15(13-20(19)37-2)30(35)23-17(14-21(38-3)27(39-4)28(23)40-5)26(33)22(24(30)29(34)41-6)25(32)16-9-7-8-10-18(16)31/h7-14,35H,1-6H3. The molecule has 0 saturated heterocycles. The van der Waals surface area contributed by atoms with E-state index < -0.39 is 34.3 Å². The Morgan fingerprint density at radius 2 is 1.41 bits per heavy atom. The van der Waals surface area contributed by atoms with E-state index in [9.17, 15) is 19.5 Å². The second-order valence-electron chi connectivity index (χ2n) is 8.73. The molecule has 214 valence electrons. The number of esters is 1. The van der Waals surface area contributed by atoms with E-state index in [2.05, 4.69) is 0 Å². The molecule has 0 aliphatic heterocycles. The quantitative estimate of drug-likeness (QED) is 0.223. The summed E-state index contributed by atoms with van der Waals surface area (Å²) in [5, 5.41) is 12.9. The summed E-state index contributed by atoms with van der Waals surface area (Å²) in [7, 11) is 7.87. The molecule has 11 heteroatoms. The van der Waals surface area contributed by atoms with Crippen molar-refractivity contribution < 1.29 is 47.9 Å². The van der Waals surface area contributed by atoms with Crippen LogP contribution in [-0.4, -0.2) is 65.3 Å². The molecule has 41 heavy (non-hydrogen) atoms. The second kappa shape index (κ2) is 11.5. The monoisotopic (exact) mass is 582 g/mol. The summed E-state index contributed by atoms with van der Waals surface area (Å²) in [6, 6.07) is 11.7. The van der Waals surface area contributed by atoms with Gasteiger partial charge in [0.25, 0.3) is 0 Å². The molecule has 10 nitrogen and oxygen atoms in total. The summed E-state index contributed by atoms with van der Waals surface area (Å²) in [5.74, 6) is -2.43. The maximum absolute atomic E-state index is 14.2. The number of allylic oxidation sites excluding steroid dienone is 1. The number of ketones is 2. The molecule has 0 heterocycles. The van der Waals surface area contributed by atoms with Gasteiger partial charge >= 0.3 is 5.97 Å². The highest BCUT2D eigenvalue weighted by atomic mass is 35.5.